The van der Waals surface area contributed by atoms with Crippen molar-refractivity contribution in [2.75, 3.05) is 16.8 Å². The average molecular weight is 575 g/mol. The van der Waals surface area contributed by atoms with Crippen molar-refractivity contribution < 1.29 is 13.9 Å². The van der Waals surface area contributed by atoms with Gasteiger partial charge in [-0.3, -0.25) is 9.36 Å². The predicted molar refractivity (Wildman–Crippen MR) is 150 cm³/mol. The van der Waals surface area contributed by atoms with Gasteiger partial charge in [0.1, 0.15) is 35.2 Å². The SMILES string of the molecule is N#Cc1c(N)nc(N)nc1N[C@H](c1nc2c(Cl)cc(F)cc2c(=O)n1[C@H]1C[C@H](OC(=O)c2ccccc2)C1)C1CC1. The van der Waals surface area contributed by atoms with Gasteiger partial charge < -0.3 is 21.5 Å². The van der Waals surface area contributed by atoms with Crippen molar-refractivity contribution in [3.05, 3.63) is 80.6 Å². The van der Waals surface area contributed by atoms with Gasteiger partial charge in [0.2, 0.25) is 5.95 Å². The number of anilines is 3. The van der Waals surface area contributed by atoms with Crippen LogP contribution in [0.2, 0.25) is 5.02 Å². The number of benzene rings is 2. The summed E-state index contributed by atoms with van der Waals surface area (Å²) in [6.45, 7) is 0. The van der Waals surface area contributed by atoms with Crippen LogP contribution in [0.15, 0.2) is 47.3 Å². The van der Waals surface area contributed by atoms with Crippen LogP contribution in [0.5, 0.6) is 0 Å². The van der Waals surface area contributed by atoms with E-state index < -0.39 is 29.5 Å². The van der Waals surface area contributed by atoms with Gasteiger partial charge in [-0.2, -0.15) is 15.2 Å². The number of hydrogen-bond donors (Lipinski definition) is 3. The predicted octanol–water partition coefficient (Wildman–Crippen LogP) is 4.14. The minimum atomic E-state index is -0.661. The molecule has 2 heterocycles. The zero-order valence-electron chi connectivity index (χ0n) is 21.6. The number of carbonyl (C=O) groups excluding carboxylic acids is 1. The number of nitrogens with two attached hydrogens (primary N) is 2. The van der Waals surface area contributed by atoms with Crippen LogP contribution in [0.25, 0.3) is 10.9 Å². The molecule has 0 radical (unpaired) electrons. The van der Waals surface area contributed by atoms with Crippen LogP contribution in [0, 0.1) is 23.1 Å². The molecule has 2 aromatic heterocycles. The molecule has 6 rings (SSSR count). The Labute approximate surface area is 237 Å². The maximum absolute atomic E-state index is 14.3. The smallest absolute Gasteiger partial charge is 0.338 e. The van der Waals surface area contributed by atoms with Crippen molar-refractivity contribution >= 4 is 46.1 Å². The first-order chi connectivity index (χ1) is 19.7. The largest absolute Gasteiger partial charge is 0.459 e. The lowest BCUT2D eigenvalue weighted by Crippen LogP contribution is -2.42. The number of halogens is 2. The molecule has 0 aliphatic heterocycles. The third-order valence-corrected chi connectivity index (χ3v) is 7.69. The molecule has 0 bridgehead atoms. The fraction of sp³-hybridized carbons (Fsp3) is 0.286. The molecule has 11 nitrogen and oxygen atoms in total. The van der Waals surface area contributed by atoms with E-state index in [1.54, 1.807) is 30.3 Å². The average Bonchev–Trinajstić information content (AvgIpc) is 3.76. The number of aromatic nitrogens is 4. The number of ether oxygens (including phenoxy) is 1. The van der Waals surface area contributed by atoms with Crippen molar-refractivity contribution in [3.63, 3.8) is 0 Å². The molecule has 1 atom stereocenters. The molecule has 2 aromatic carbocycles. The molecule has 0 spiro atoms. The van der Waals surface area contributed by atoms with Crippen LogP contribution in [0.1, 0.15) is 59.5 Å². The summed E-state index contributed by atoms with van der Waals surface area (Å²) in [5.74, 6) is -0.816. The second kappa shape index (κ2) is 10.3. The number of carbonyl (C=O) groups is 1. The maximum Gasteiger partial charge on any atom is 0.338 e. The maximum atomic E-state index is 14.3. The number of nitrogen functional groups attached to an aromatic ring is 2. The Bertz CT molecular complexity index is 1780. The van der Waals surface area contributed by atoms with Crippen LogP contribution in [-0.2, 0) is 4.74 Å². The second-order valence-electron chi connectivity index (χ2n) is 10.2. The van der Waals surface area contributed by atoms with Gasteiger partial charge in [-0.05, 0) is 43.0 Å². The van der Waals surface area contributed by atoms with Gasteiger partial charge in [0.05, 0.1) is 27.5 Å². The quantitative estimate of drug-likeness (QED) is 0.272. The van der Waals surface area contributed by atoms with Crippen molar-refractivity contribution in [2.45, 2.75) is 43.9 Å². The van der Waals surface area contributed by atoms with E-state index in [2.05, 4.69) is 15.3 Å². The summed E-state index contributed by atoms with van der Waals surface area (Å²) in [7, 11) is 0. The standard InChI is InChI=1S/C28H24ClFN8O3/c29-20-9-15(30)8-18-22(20)35-25(21(13-6-7-13)34-24-19(12-31)23(32)36-28(33)37-24)38(26(18)39)16-10-17(11-16)41-27(40)14-4-2-1-3-5-14/h1-5,8-9,13,16-17,21H,6-7,10-11H2,(H5,32,33,34,36,37)/t16-,17-,21-/m0/s1. The third kappa shape index (κ3) is 5.00. The number of rotatable bonds is 7. The van der Waals surface area contributed by atoms with Crippen molar-refractivity contribution in [1.82, 2.24) is 19.5 Å². The summed E-state index contributed by atoms with van der Waals surface area (Å²) in [6, 6.07) is 11.9. The van der Waals surface area contributed by atoms with Crippen molar-refractivity contribution in [2.24, 2.45) is 5.92 Å². The Morgan fingerprint density at radius 2 is 1.90 bits per heavy atom. The molecule has 0 saturated heterocycles. The van der Waals surface area contributed by atoms with Crippen LogP contribution in [0.3, 0.4) is 0 Å². The van der Waals surface area contributed by atoms with Gasteiger partial charge in [-0.1, -0.05) is 29.8 Å². The van der Waals surface area contributed by atoms with Crippen LogP contribution < -0.4 is 22.3 Å². The summed E-state index contributed by atoms with van der Waals surface area (Å²) >= 11 is 6.35. The van der Waals surface area contributed by atoms with Crippen LogP contribution in [-0.4, -0.2) is 31.6 Å². The summed E-state index contributed by atoms with van der Waals surface area (Å²) in [4.78, 5) is 39.3. The summed E-state index contributed by atoms with van der Waals surface area (Å²) in [5, 5.41) is 13.0. The normalized spacial score (nSPS) is 18.8. The van der Waals surface area contributed by atoms with E-state index in [1.807, 2.05) is 6.07 Å². The molecular formula is C28H24ClFN8O3. The van der Waals surface area contributed by atoms with Crippen LogP contribution in [0.4, 0.5) is 22.0 Å². The topological polar surface area (TPSA) is 175 Å². The molecule has 208 valence electrons. The zero-order chi connectivity index (χ0) is 28.8. The summed E-state index contributed by atoms with van der Waals surface area (Å²) in [6.07, 6.45) is 1.94. The van der Waals surface area contributed by atoms with Crippen molar-refractivity contribution in [1.29, 1.82) is 5.26 Å². The van der Waals surface area contributed by atoms with Gasteiger partial charge in [0.15, 0.2) is 5.82 Å². The molecule has 0 amide bonds. The second-order valence-corrected chi connectivity index (χ2v) is 10.6. The highest BCUT2D eigenvalue weighted by molar-refractivity contribution is 6.35. The Morgan fingerprint density at radius 3 is 2.59 bits per heavy atom. The van der Waals surface area contributed by atoms with Crippen molar-refractivity contribution in [3.8, 4) is 6.07 Å². The molecule has 13 heteroatoms. The van der Waals surface area contributed by atoms with E-state index in [9.17, 15) is 19.2 Å². The Balaban J connectivity index is 1.40. The lowest BCUT2D eigenvalue weighted by atomic mass is 9.88. The van der Waals surface area contributed by atoms with Crippen LogP contribution >= 0.6 is 11.6 Å². The molecule has 5 N–H and O–H groups in total. The third-order valence-electron chi connectivity index (χ3n) is 7.40. The van der Waals surface area contributed by atoms with Gasteiger partial charge in [0, 0.05) is 18.9 Å². The number of hydrogen-bond acceptors (Lipinski definition) is 10. The van der Waals surface area contributed by atoms with E-state index in [-0.39, 0.29) is 51.0 Å². The molecule has 0 unspecified atom stereocenters. The number of nitrogens with zero attached hydrogens (tertiary/aromatic N) is 5. The monoisotopic (exact) mass is 574 g/mol. The number of nitrogens with one attached hydrogen (secondary N) is 1. The Morgan fingerprint density at radius 1 is 1.17 bits per heavy atom. The van der Waals surface area contributed by atoms with Gasteiger partial charge in [0.25, 0.3) is 5.56 Å². The van der Waals surface area contributed by atoms with E-state index in [1.165, 1.54) is 4.57 Å². The molecule has 2 aliphatic rings. The molecule has 2 aliphatic carbocycles. The molecule has 41 heavy (non-hydrogen) atoms. The van der Waals surface area contributed by atoms with Gasteiger partial charge >= 0.3 is 5.97 Å². The number of fused-ring (bicyclic) bond motifs is 1. The highest BCUT2D eigenvalue weighted by atomic mass is 35.5. The fourth-order valence-corrected chi connectivity index (χ4v) is 5.38. The van der Waals surface area contributed by atoms with E-state index in [0.717, 1.165) is 25.0 Å². The van der Waals surface area contributed by atoms with E-state index in [0.29, 0.717) is 24.2 Å². The molecule has 2 fully saturated rings. The highest BCUT2D eigenvalue weighted by Gasteiger charge is 2.41. The zero-order valence-corrected chi connectivity index (χ0v) is 22.3. The summed E-state index contributed by atoms with van der Waals surface area (Å²) < 4.78 is 21.5. The molecule has 2 saturated carbocycles. The minimum absolute atomic E-state index is 0.00318. The first-order valence-corrected chi connectivity index (χ1v) is 13.4. The van der Waals surface area contributed by atoms with Gasteiger partial charge in [-0.25, -0.2) is 14.2 Å². The lowest BCUT2D eigenvalue weighted by Gasteiger charge is -2.38. The fourth-order valence-electron chi connectivity index (χ4n) is 5.14. The number of esters is 1. The number of nitriles is 1. The molecule has 4 aromatic rings. The Hall–Kier alpha value is -4.76. The first kappa shape index (κ1) is 26.5. The Kier molecular flexibility index (Phi) is 6.67. The van der Waals surface area contributed by atoms with E-state index >= 15 is 0 Å². The summed E-state index contributed by atoms with van der Waals surface area (Å²) in [5.41, 5.74) is 11.9. The van der Waals surface area contributed by atoms with E-state index in [4.69, 9.17) is 32.8 Å². The first-order valence-electron chi connectivity index (χ1n) is 13.0. The minimum Gasteiger partial charge on any atom is -0.459 e. The lowest BCUT2D eigenvalue weighted by molar-refractivity contribution is -0.00922. The highest BCUT2D eigenvalue weighted by Crippen LogP contribution is 2.45. The van der Waals surface area contributed by atoms with Gasteiger partial charge in [-0.15, -0.1) is 0 Å². The molecular weight excluding hydrogens is 551 g/mol.